The first-order chi connectivity index (χ1) is 10.4. The van der Waals surface area contributed by atoms with Gasteiger partial charge in [-0.1, -0.05) is 45.2 Å². The Kier molecular flexibility index (Phi) is 7.51. The third-order valence-corrected chi connectivity index (χ3v) is 5.62. The zero-order chi connectivity index (χ0) is 16.4. The summed E-state index contributed by atoms with van der Waals surface area (Å²) in [5, 5.41) is 49.4. The van der Waals surface area contributed by atoms with Crippen molar-refractivity contribution >= 4 is 45.2 Å². The molecule has 22 heavy (non-hydrogen) atoms. The van der Waals surface area contributed by atoms with Crippen LogP contribution in [-0.4, -0.2) is 89.7 Å². The van der Waals surface area contributed by atoms with Gasteiger partial charge in [-0.25, -0.2) is 0 Å². The lowest BCUT2D eigenvalue weighted by molar-refractivity contribution is -0.360. The standard InChI is InChI=1S/C12H20I2O8/c13-2-4-1-5(15)7(16)11(20-4)22-12-10(19)9(18)8(17)6(3-14)21-12/h4-12,15-19H,1-3H2/t4-,5-,6+,7+,8+,9-,10+,11+,12+/m0/s1. The fraction of sp³-hybridized carbons (Fsp3) is 1.00. The lowest BCUT2D eigenvalue weighted by Crippen LogP contribution is -2.61. The van der Waals surface area contributed by atoms with Gasteiger partial charge in [-0.15, -0.1) is 0 Å². The highest BCUT2D eigenvalue weighted by atomic mass is 127. The molecule has 2 heterocycles. The fourth-order valence-electron chi connectivity index (χ4n) is 2.42. The Balaban J connectivity index is 2.04. The second-order valence-corrected chi connectivity index (χ2v) is 7.14. The van der Waals surface area contributed by atoms with Gasteiger partial charge >= 0.3 is 0 Å². The highest BCUT2D eigenvalue weighted by Crippen LogP contribution is 2.28. The van der Waals surface area contributed by atoms with Crippen molar-refractivity contribution in [3.8, 4) is 0 Å². The van der Waals surface area contributed by atoms with E-state index < -0.39 is 49.2 Å². The maximum atomic E-state index is 9.96. The summed E-state index contributed by atoms with van der Waals surface area (Å²) in [4.78, 5) is 0. The van der Waals surface area contributed by atoms with E-state index >= 15 is 0 Å². The van der Waals surface area contributed by atoms with E-state index in [1.807, 2.05) is 22.6 Å². The van der Waals surface area contributed by atoms with Crippen molar-refractivity contribution < 1.29 is 39.7 Å². The second kappa shape index (κ2) is 8.49. The van der Waals surface area contributed by atoms with Crippen LogP contribution in [0.5, 0.6) is 0 Å². The lowest BCUT2D eigenvalue weighted by atomic mass is 9.99. The maximum Gasteiger partial charge on any atom is 0.189 e. The number of halogens is 2. The summed E-state index contributed by atoms with van der Waals surface area (Å²) in [7, 11) is 0. The predicted molar refractivity (Wildman–Crippen MR) is 90.8 cm³/mol. The largest absolute Gasteiger partial charge is 0.390 e. The van der Waals surface area contributed by atoms with E-state index in [9.17, 15) is 25.5 Å². The predicted octanol–water partition coefficient (Wildman–Crippen LogP) is -1.48. The molecule has 0 aromatic rings. The number of alkyl halides is 2. The smallest absolute Gasteiger partial charge is 0.189 e. The van der Waals surface area contributed by atoms with Crippen molar-refractivity contribution in [2.45, 2.75) is 61.7 Å². The van der Waals surface area contributed by atoms with Gasteiger partial charge in [0.05, 0.1) is 18.3 Å². The molecule has 9 atom stereocenters. The van der Waals surface area contributed by atoms with E-state index in [0.717, 1.165) is 0 Å². The number of hydrogen-bond donors (Lipinski definition) is 5. The molecule has 0 aromatic carbocycles. The van der Waals surface area contributed by atoms with Crippen LogP contribution in [0.3, 0.4) is 0 Å². The molecule has 0 aromatic heterocycles. The maximum absolute atomic E-state index is 9.96. The van der Waals surface area contributed by atoms with Gasteiger partial charge in [-0.2, -0.15) is 0 Å². The van der Waals surface area contributed by atoms with Crippen LogP contribution in [0.2, 0.25) is 0 Å². The number of rotatable bonds is 4. The Labute approximate surface area is 155 Å². The number of ether oxygens (including phenoxy) is 3. The second-order valence-electron chi connectivity index (χ2n) is 5.38. The number of aliphatic hydroxyl groups excluding tert-OH is 5. The van der Waals surface area contributed by atoms with E-state index in [2.05, 4.69) is 22.6 Å². The zero-order valence-corrected chi connectivity index (χ0v) is 15.8. The summed E-state index contributed by atoms with van der Waals surface area (Å²) < 4.78 is 17.4. The molecule has 0 bridgehead atoms. The molecule has 2 saturated heterocycles. The summed E-state index contributed by atoms with van der Waals surface area (Å²) in [6.07, 6.45) is -9.58. The molecule has 0 radical (unpaired) electrons. The lowest BCUT2D eigenvalue weighted by Gasteiger charge is -2.43. The number of hydrogen-bond acceptors (Lipinski definition) is 8. The first-order valence-corrected chi connectivity index (χ1v) is 9.92. The van der Waals surface area contributed by atoms with Crippen LogP contribution in [0.25, 0.3) is 0 Å². The zero-order valence-electron chi connectivity index (χ0n) is 11.5. The minimum absolute atomic E-state index is 0.287. The average molecular weight is 546 g/mol. The van der Waals surface area contributed by atoms with Crippen LogP contribution in [0, 0.1) is 0 Å². The van der Waals surface area contributed by atoms with Crippen molar-refractivity contribution in [2.24, 2.45) is 0 Å². The SMILES string of the molecule is O[C@@H]1[C@@H](O)[C@@H](O[C@H]2O[C@H](CI)C[C@H](O)[C@H]2O)O[C@H](CI)[C@H]1O. The summed E-state index contributed by atoms with van der Waals surface area (Å²) in [5.41, 5.74) is 0. The van der Waals surface area contributed by atoms with Gasteiger partial charge in [0.2, 0.25) is 0 Å². The molecular formula is C12H20I2O8. The van der Waals surface area contributed by atoms with Gasteiger partial charge in [-0.3, -0.25) is 0 Å². The monoisotopic (exact) mass is 546 g/mol. The molecule has 2 aliphatic rings. The molecule has 2 rings (SSSR count). The third-order valence-electron chi connectivity index (χ3n) is 3.76. The van der Waals surface area contributed by atoms with E-state index in [0.29, 0.717) is 8.86 Å². The topological polar surface area (TPSA) is 129 Å². The first-order valence-electron chi connectivity index (χ1n) is 6.87. The van der Waals surface area contributed by atoms with Gasteiger partial charge < -0.3 is 39.7 Å². The van der Waals surface area contributed by atoms with Crippen molar-refractivity contribution in [2.75, 3.05) is 8.86 Å². The van der Waals surface area contributed by atoms with Crippen LogP contribution < -0.4 is 0 Å². The normalized spacial score (nSPS) is 50.0. The summed E-state index contributed by atoms with van der Waals surface area (Å²) >= 11 is 4.08. The molecule has 0 unspecified atom stereocenters. The molecule has 2 fully saturated rings. The summed E-state index contributed by atoms with van der Waals surface area (Å²) in [5.74, 6) is 0. The van der Waals surface area contributed by atoms with Crippen LogP contribution in [0.1, 0.15) is 6.42 Å². The van der Waals surface area contributed by atoms with E-state index in [-0.39, 0.29) is 12.5 Å². The highest BCUT2D eigenvalue weighted by Gasteiger charge is 2.47. The molecule has 10 heteroatoms. The van der Waals surface area contributed by atoms with E-state index in [4.69, 9.17) is 14.2 Å². The Morgan fingerprint density at radius 1 is 0.818 bits per heavy atom. The Morgan fingerprint density at radius 3 is 2.05 bits per heavy atom. The van der Waals surface area contributed by atoms with Crippen molar-refractivity contribution in [1.29, 1.82) is 0 Å². The molecule has 5 N–H and O–H groups in total. The molecule has 130 valence electrons. The minimum atomic E-state index is -1.48. The van der Waals surface area contributed by atoms with Gasteiger partial charge in [0.15, 0.2) is 12.6 Å². The number of aliphatic hydroxyl groups is 5. The fourth-order valence-corrected chi connectivity index (χ4v) is 3.71. The van der Waals surface area contributed by atoms with Gasteiger partial charge in [0.1, 0.15) is 24.4 Å². The molecular weight excluding hydrogens is 526 g/mol. The van der Waals surface area contributed by atoms with Crippen LogP contribution in [0.15, 0.2) is 0 Å². The Morgan fingerprint density at radius 2 is 1.45 bits per heavy atom. The highest BCUT2D eigenvalue weighted by molar-refractivity contribution is 14.1. The van der Waals surface area contributed by atoms with Crippen LogP contribution in [0.4, 0.5) is 0 Å². The molecule has 8 nitrogen and oxygen atoms in total. The summed E-state index contributed by atoms with van der Waals surface area (Å²) in [6, 6.07) is 0. The Bertz CT molecular complexity index is 360. The minimum Gasteiger partial charge on any atom is -0.390 e. The van der Waals surface area contributed by atoms with Gasteiger partial charge in [-0.05, 0) is 0 Å². The third kappa shape index (κ3) is 4.21. The average Bonchev–Trinajstić information content (AvgIpc) is 2.51. The van der Waals surface area contributed by atoms with E-state index in [1.165, 1.54) is 0 Å². The van der Waals surface area contributed by atoms with Crippen molar-refractivity contribution in [1.82, 2.24) is 0 Å². The van der Waals surface area contributed by atoms with Crippen molar-refractivity contribution in [3.63, 3.8) is 0 Å². The molecule has 0 amide bonds. The quantitative estimate of drug-likeness (QED) is 0.214. The van der Waals surface area contributed by atoms with E-state index in [1.54, 1.807) is 0 Å². The molecule has 0 saturated carbocycles. The molecule has 2 aliphatic heterocycles. The first kappa shape index (κ1) is 19.5. The van der Waals surface area contributed by atoms with Crippen LogP contribution in [-0.2, 0) is 14.2 Å². The van der Waals surface area contributed by atoms with Gasteiger partial charge in [0, 0.05) is 15.3 Å². The van der Waals surface area contributed by atoms with Gasteiger partial charge in [0.25, 0.3) is 0 Å². The Hall–Kier alpha value is 1.14. The van der Waals surface area contributed by atoms with Crippen LogP contribution >= 0.6 is 45.2 Å². The summed E-state index contributed by atoms with van der Waals surface area (Å²) in [6.45, 7) is 0. The van der Waals surface area contributed by atoms with Crippen molar-refractivity contribution in [3.05, 3.63) is 0 Å². The molecule has 0 spiro atoms. The molecule has 0 aliphatic carbocycles.